The van der Waals surface area contributed by atoms with Crippen LogP contribution in [0.25, 0.3) is 16.9 Å². The summed E-state index contributed by atoms with van der Waals surface area (Å²) in [4.78, 5) is 4.61. The van der Waals surface area contributed by atoms with Crippen molar-refractivity contribution in [3.05, 3.63) is 54.2 Å². The van der Waals surface area contributed by atoms with E-state index in [1.54, 1.807) is 55.3 Å². The Balaban J connectivity index is 1.87. The molecule has 0 saturated carbocycles. The molecular weight excluding hydrogens is 358 g/mol. The molecule has 3 N–H and O–H groups in total. The van der Waals surface area contributed by atoms with Crippen LogP contribution in [0.15, 0.2) is 48.7 Å². The molecule has 4 rings (SSSR count). The minimum atomic E-state index is 0.131. The third-order valence-corrected chi connectivity index (χ3v) is 4.34. The van der Waals surface area contributed by atoms with Crippen LogP contribution in [0, 0.1) is 11.3 Å². The SMILES string of the molecule is COc1ccc(Nc2c(-c3cccc(O)c3)nc3c(C#N)c[nH]n23)cc1OC. The summed E-state index contributed by atoms with van der Waals surface area (Å²) < 4.78 is 12.3. The van der Waals surface area contributed by atoms with Crippen LogP contribution in [0.4, 0.5) is 11.5 Å². The van der Waals surface area contributed by atoms with Crippen LogP contribution in [-0.4, -0.2) is 33.9 Å². The number of hydrogen-bond acceptors (Lipinski definition) is 6. The van der Waals surface area contributed by atoms with E-state index in [-0.39, 0.29) is 5.75 Å². The first-order chi connectivity index (χ1) is 13.6. The van der Waals surface area contributed by atoms with Gasteiger partial charge in [0.15, 0.2) is 23.0 Å². The molecule has 0 bridgehead atoms. The normalized spacial score (nSPS) is 10.6. The van der Waals surface area contributed by atoms with E-state index in [0.29, 0.717) is 39.8 Å². The largest absolute Gasteiger partial charge is 0.508 e. The number of nitriles is 1. The number of methoxy groups -OCH3 is 2. The van der Waals surface area contributed by atoms with E-state index < -0.39 is 0 Å². The lowest BCUT2D eigenvalue weighted by Crippen LogP contribution is -1.99. The summed E-state index contributed by atoms with van der Waals surface area (Å²) in [6.07, 6.45) is 1.59. The number of nitrogens with zero attached hydrogens (tertiary/aromatic N) is 3. The van der Waals surface area contributed by atoms with Crippen LogP contribution in [0.5, 0.6) is 17.2 Å². The second kappa shape index (κ2) is 6.89. The van der Waals surface area contributed by atoms with Crippen LogP contribution >= 0.6 is 0 Å². The Morgan fingerprint density at radius 2 is 1.96 bits per heavy atom. The van der Waals surface area contributed by atoms with Crippen molar-refractivity contribution >= 4 is 17.2 Å². The van der Waals surface area contributed by atoms with E-state index in [1.807, 2.05) is 12.1 Å². The third kappa shape index (κ3) is 2.85. The van der Waals surface area contributed by atoms with Crippen molar-refractivity contribution in [2.75, 3.05) is 19.5 Å². The number of nitrogens with one attached hydrogen (secondary N) is 2. The maximum atomic E-state index is 9.86. The van der Waals surface area contributed by atoms with Gasteiger partial charge in [-0.05, 0) is 24.3 Å². The van der Waals surface area contributed by atoms with Crippen LogP contribution in [0.3, 0.4) is 0 Å². The maximum absolute atomic E-state index is 9.86. The number of rotatable bonds is 5. The average molecular weight is 375 g/mol. The highest BCUT2D eigenvalue weighted by atomic mass is 16.5. The van der Waals surface area contributed by atoms with Crippen molar-refractivity contribution in [2.45, 2.75) is 0 Å². The van der Waals surface area contributed by atoms with Crippen LogP contribution in [0.2, 0.25) is 0 Å². The molecule has 2 heterocycles. The molecule has 0 aliphatic carbocycles. The molecule has 0 radical (unpaired) electrons. The Morgan fingerprint density at radius 3 is 2.68 bits per heavy atom. The lowest BCUT2D eigenvalue weighted by atomic mass is 10.1. The molecule has 4 aromatic rings. The molecule has 8 nitrogen and oxygen atoms in total. The van der Waals surface area contributed by atoms with Crippen LogP contribution < -0.4 is 14.8 Å². The van der Waals surface area contributed by atoms with Crippen LogP contribution in [-0.2, 0) is 0 Å². The van der Waals surface area contributed by atoms with Gasteiger partial charge in [0.2, 0.25) is 0 Å². The Bertz CT molecular complexity index is 1200. The van der Waals surface area contributed by atoms with Gasteiger partial charge in [0.05, 0.1) is 14.2 Å². The second-order valence-corrected chi connectivity index (χ2v) is 6.01. The molecule has 0 spiro atoms. The molecule has 2 aromatic carbocycles. The van der Waals surface area contributed by atoms with Crippen molar-refractivity contribution in [1.82, 2.24) is 14.6 Å². The lowest BCUT2D eigenvalue weighted by Gasteiger charge is -2.12. The molecule has 28 heavy (non-hydrogen) atoms. The van der Waals surface area contributed by atoms with E-state index in [9.17, 15) is 10.4 Å². The van der Waals surface area contributed by atoms with E-state index in [0.717, 1.165) is 5.69 Å². The minimum absolute atomic E-state index is 0.131. The summed E-state index contributed by atoms with van der Waals surface area (Å²) in [5, 5.41) is 25.6. The summed E-state index contributed by atoms with van der Waals surface area (Å²) in [5.74, 6) is 1.95. The van der Waals surface area contributed by atoms with Gasteiger partial charge in [0.25, 0.3) is 0 Å². The number of phenolic OH excluding ortho intramolecular Hbond substituents is 1. The number of hydrogen-bond donors (Lipinski definition) is 3. The molecular formula is C20H17N5O3. The van der Waals surface area contributed by atoms with Gasteiger partial charge in [0, 0.05) is 23.5 Å². The Labute approximate surface area is 160 Å². The zero-order valence-electron chi connectivity index (χ0n) is 15.2. The molecule has 0 aliphatic rings. The molecule has 0 atom stereocenters. The Morgan fingerprint density at radius 1 is 1.14 bits per heavy atom. The number of aromatic nitrogens is 3. The van der Waals surface area contributed by atoms with Crippen molar-refractivity contribution in [3.63, 3.8) is 0 Å². The minimum Gasteiger partial charge on any atom is -0.508 e. The third-order valence-electron chi connectivity index (χ3n) is 4.34. The van der Waals surface area contributed by atoms with Crippen LogP contribution in [0.1, 0.15) is 5.56 Å². The van der Waals surface area contributed by atoms with Gasteiger partial charge in [0.1, 0.15) is 23.1 Å². The Kier molecular flexibility index (Phi) is 4.26. The highest BCUT2D eigenvalue weighted by Crippen LogP contribution is 2.35. The maximum Gasteiger partial charge on any atom is 0.173 e. The van der Waals surface area contributed by atoms with Gasteiger partial charge in [-0.3, -0.25) is 5.10 Å². The quantitative estimate of drug-likeness (QED) is 0.491. The van der Waals surface area contributed by atoms with Crippen molar-refractivity contribution in [3.8, 4) is 34.6 Å². The fourth-order valence-corrected chi connectivity index (χ4v) is 3.02. The van der Waals surface area contributed by atoms with Crippen molar-refractivity contribution in [1.29, 1.82) is 5.26 Å². The first-order valence-electron chi connectivity index (χ1n) is 8.43. The Hall–Kier alpha value is -4.12. The van der Waals surface area contributed by atoms with Gasteiger partial charge in [-0.2, -0.15) is 5.26 Å². The number of imidazole rings is 1. The van der Waals surface area contributed by atoms with Crippen molar-refractivity contribution in [2.24, 2.45) is 0 Å². The second-order valence-electron chi connectivity index (χ2n) is 6.01. The lowest BCUT2D eigenvalue weighted by molar-refractivity contribution is 0.355. The summed E-state index contributed by atoms with van der Waals surface area (Å²) in [5.41, 5.74) is 2.96. The van der Waals surface area contributed by atoms with E-state index in [1.165, 1.54) is 0 Å². The molecule has 2 aromatic heterocycles. The number of phenols is 1. The number of benzene rings is 2. The highest BCUT2D eigenvalue weighted by molar-refractivity contribution is 5.81. The molecule has 0 saturated heterocycles. The summed E-state index contributed by atoms with van der Waals surface area (Å²) in [6, 6.07) is 14.4. The zero-order chi connectivity index (χ0) is 19.7. The summed E-state index contributed by atoms with van der Waals surface area (Å²) in [7, 11) is 3.15. The summed E-state index contributed by atoms with van der Waals surface area (Å²) in [6.45, 7) is 0. The van der Waals surface area contributed by atoms with E-state index in [2.05, 4.69) is 21.5 Å². The standard InChI is InChI=1S/C20H17N5O3/c1-27-16-7-6-14(9-17(16)28-2)23-20-18(12-4-3-5-15(26)8-12)24-19-13(10-21)11-22-25(19)20/h3-9,11,22-23,26H,1-2H3. The fraction of sp³-hybridized carbons (Fsp3) is 0.100. The predicted molar refractivity (Wildman–Crippen MR) is 104 cm³/mol. The topological polar surface area (TPSA) is 108 Å². The monoisotopic (exact) mass is 375 g/mol. The number of ether oxygens (including phenoxy) is 2. The van der Waals surface area contributed by atoms with Gasteiger partial charge >= 0.3 is 0 Å². The number of fused-ring (bicyclic) bond motifs is 1. The van der Waals surface area contributed by atoms with Crippen molar-refractivity contribution < 1.29 is 14.6 Å². The molecule has 0 aliphatic heterocycles. The molecule has 0 fully saturated rings. The van der Waals surface area contributed by atoms with Gasteiger partial charge in [-0.25, -0.2) is 9.50 Å². The fourth-order valence-electron chi connectivity index (χ4n) is 3.02. The number of aromatic amines is 1. The summed E-state index contributed by atoms with van der Waals surface area (Å²) >= 11 is 0. The van der Waals surface area contributed by atoms with E-state index in [4.69, 9.17) is 9.47 Å². The molecule has 0 unspecified atom stereocenters. The highest BCUT2D eigenvalue weighted by Gasteiger charge is 2.19. The number of aromatic hydroxyl groups is 1. The molecule has 0 amide bonds. The molecule has 8 heteroatoms. The van der Waals surface area contributed by atoms with E-state index >= 15 is 0 Å². The average Bonchev–Trinajstić information content (AvgIpc) is 3.27. The first-order valence-corrected chi connectivity index (χ1v) is 8.43. The van der Waals surface area contributed by atoms with Gasteiger partial charge in [-0.1, -0.05) is 12.1 Å². The molecule has 140 valence electrons. The number of H-pyrrole nitrogens is 1. The first kappa shape index (κ1) is 17.3. The van der Waals surface area contributed by atoms with Gasteiger partial charge < -0.3 is 19.9 Å². The van der Waals surface area contributed by atoms with Gasteiger partial charge in [-0.15, -0.1) is 0 Å². The number of anilines is 2. The smallest absolute Gasteiger partial charge is 0.173 e. The predicted octanol–water partition coefficient (Wildman–Crippen LogP) is 3.67. The zero-order valence-corrected chi connectivity index (χ0v) is 15.2.